The predicted octanol–water partition coefficient (Wildman–Crippen LogP) is 2.98. The molecule has 1 aliphatic carbocycles. The summed E-state index contributed by atoms with van der Waals surface area (Å²) in [6.45, 7) is 1.51. The van der Waals surface area contributed by atoms with Gasteiger partial charge in [-0.05, 0) is 44.2 Å². The van der Waals surface area contributed by atoms with Gasteiger partial charge in [-0.25, -0.2) is 9.97 Å². The highest BCUT2D eigenvalue weighted by molar-refractivity contribution is 5.97. The second kappa shape index (κ2) is 7.95. The third-order valence-corrected chi connectivity index (χ3v) is 5.65. The van der Waals surface area contributed by atoms with Gasteiger partial charge in [0, 0.05) is 37.2 Å². The fraction of sp³-hybridized carbons (Fsp3) is 0.409. The topological polar surface area (TPSA) is 101 Å². The molecule has 0 bridgehead atoms. The molecule has 3 aromatic rings. The summed E-state index contributed by atoms with van der Waals surface area (Å²) in [5.74, 6) is 0.422. The first-order valence-electron chi connectivity index (χ1n) is 10.5. The van der Waals surface area contributed by atoms with Gasteiger partial charge in [0.2, 0.25) is 0 Å². The molecule has 1 saturated carbocycles. The predicted molar refractivity (Wildman–Crippen MR) is 113 cm³/mol. The van der Waals surface area contributed by atoms with Crippen molar-refractivity contribution in [2.24, 2.45) is 0 Å². The maximum absolute atomic E-state index is 12.3. The van der Waals surface area contributed by atoms with E-state index in [0.717, 1.165) is 43.5 Å². The van der Waals surface area contributed by atoms with Crippen molar-refractivity contribution in [1.82, 2.24) is 19.7 Å². The van der Waals surface area contributed by atoms with Crippen molar-refractivity contribution in [3.05, 3.63) is 42.4 Å². The zero-order chi connectivity index (χ0) is 20.5. The van der Waals surface area contributed by atoms with Crippen LogP contribution < -0.4 is 10.6 Å². The molecule has 3 N–H and O–H groups in total. The van der Waals surface area contributed by atoms with E-state index in [-0.39, 0.29) is 29.4 Å². The summed E-state index contributed by atoms with van der Waals surface area (Å²) in [6.07, 6.45) is 10.9. The third-order valence-electron chi connectivity index (χ3n) is 5.65. The van der Waals surface area contributed by atoms with Crippen LogP contribution in [-0.4, -0.2) is 50.7 Å². The van der Waals surface area contributed by atoms with Gasteiger partial charge in [0.1, 0.15) is 5.75 Å². The van der Waals surface area contributed by atoms with Crippen LogP contribution in [0.3, 0.4) is 0 Å². The Kier molecular flexibility index (Phi) is 5.00. The third kappa shape index (κ3) is 3.82. The average molecular weight is 407 g/mol. The van der Waals surface area contributed by atoms with Crippen LogP contribution in [0.2, 0.25) is 0 Å². The average Bonchev–Trinajstić information content (AvgIpc) is 3.47. The number of hydrogen-bond donors (Lipinski definition) is 3. The normalized spacial score (nSPS) is 19.0. The molecule has 156 valence electrons. The molecule has 8 nitrogen and oxygen atoms in total. The Balaban J connectivity index is 1.38. The van der Waals surface area contributed by atoms with E-state index in [2.05, 4.69) is 20.6 Å². The van der Waals surface area contributed by atoms with Crippen LogP contribution >= 0.6 is 0 Å². The molecule has 0 spiro atoms. The van der Waals surface area contributed by atoms with Gasteiger partial charge in [0.15, 0.2) is 11.5 Å². The number of phenols is 1. The second-order valence-corrected chi connectivity index (χ2v) is 7.96. The summed E-state index contributed by atoms with van der Waals surface area (Å²) in [4.78, 5) is 21.2. The second-order valence-electron chi connectivity index (χ2n) is 7.96. The molecule has 1 amide bonds. The molecule has 2 fully saturated rings. The molecule has 1 aliphatic heterocycles. The van der Waals surface area contributed by atoms with Crippen molar-refractivity contribution >= 4 is 17.4 Å². The van der Waals surface area contributed by atoms with Crippen LogP contribution in [0.25, 0.3) is 16.9 Å². The Labute approximate surface area is 174 Å². The van der Waals surface area contributed by atoms with Gasteiger partial charge >= 0.3 is 0 Å². The molecule has 2 aliphatic rings. The number of carbonyl (C=O) groups excluding carboxylic acids is 1. The minimum atomic E-state index is -0.236. The Hall–Kier alpha value is -3.13. The Morgan fingerprint density at radius 3 is 2.90 bits per heavy atom. The molecule has 8 heteroatoms. The fourth-order valence-corrected chi connectivity index (χ4v) is 3.81. The monoisotopic (exact) mass is 407 g/mol. The van der Waals surface area contributed by atoms with Crippen molar-refractivity contribution in [3.63, 3.8) is 0 Å². The molecule has 1 saturated heterocycles. The van der Waals surface area contributed by atoms with Crippen molar-refractivity contribution in [2.45, 2.75) is 44.2 Å². The lowest BCUT2D eigenvalue weighted by atomic mass is 10.1. The molecule has 2 aromatic heterocycles. The van der Waals surface area contributed by atoms with Gasteiger partial charge in [0.05, 0.1) is 23.6 Å². The summed E-state index contributed by atoms with van der Waals surface area (Å²) >= 11 is 0. The van der Waals surface area contributed by atoms with Crippen LogP contribution in [0.1, 0.15) is 42.5 Å². The number of rotatable bonds is 6. The number of hydrogen-bond acceptors (Lipinski definition) is 6. The van der Waals surface area contributed by atoms with Gasteiger partial charge in [-0.2, -0.15) is 0 Å². The molecule has 1 atom stereocenters. The number of amides is 1. The molecule has 1 unspecified atom stereocenters. The molecular weight excluding hydrogens is 382 g/mol. The van der Waals surface area contributed by atoms with Gasteiger partial charge < -0.3 is 20.5 Å². The van der Waals surface area contributed by atoms with E-state index in [1.165, 1.54) is 6.42 Å². The summed E-state index contributed by atoms with van der Waals surface area (Å²) in [7, 11) is 0. The summed E-state index contributed by atoms with van der Waals surface area (Å²) in [5, 5.41) is 16.7. The van der Waals surface area contributed by atoms with Gasteiger partial charge in [-0.15, -0.1) is 0 Å². The van der Waals surface area contributed by atoms with Crippen LogP contribution in [0.15, 0.2) is 36.8 Å². The molecule has 1 aromatic carbocycles. The number of imidazole rings is 1. The van der Waals surface area contributed by atoms with Crippen LogP contribution in [0.5, 0.6) is 5.75 Å². The summed E-state index contributed by atoms with van der Waals surface area (Å²) in [5.41, 5.74) is 2.58. The quantitative estimate of drug-likeness (QED) is 0.581. The molecule has 3 heterocycles. The van der Waals surface area contributed by atoms with E-state index in [0.29, 0.717) is 18.0 Å². The molecular formula is C22H25N5O3. The zero-order valence-electron chi connectivity index (χ0n) is 16.7. The zero-order valence-corrected chi connectivity index (χ0v) is 16.7. The summed E-state index contributed by atoms with van der Waals surface area (Å²) in [6, 6.07) is 5.33. The lowest BCUT2D eigenvalue weighted by molar-refractivity contribution is 0.0247. The van der Waals surface area contributed by atoms with Gasteiger partial charge in [-0.1, -0.05) is 6.07 Å². The lowest BCUT2D eigenvalue weighted by Crippen LogP contribution is -2.27. The highest BCUT2D eigenvalue weighted by Crippen LogP contribution is 2.29. The number of ether oxygens (including phenoxy) is 1. The largest absolute Gasteiger partial charge is 0.507 e. The highest BCUT2D eigenvalue weighted by Gasteiger charge is 2.25. The molecule has 0 radical (unpaired) electrons. The standard InChI is InChI=1S/C22H25N5O3/c28-19-11-14(4-7-17(19)22(29)26-15-5-6-15)18-13-25-21-20(23-8-9-27(18)21)24-12-16-3-1-2-10-30-16/h4,7-9,11,13,15-16,28H,1-3,5-6,10,12H2,(H,23,24)(H,26,29). The van der Waals surface area contributed by atoms with Gasteiger partial charge in [0.25, 0.3) is 5.91 Å². The minimum Gasteiger partial charge on any atom is -0.507 e. The number of carbonyl (C=O) groups is 1. The van der Waals surface area contributed by atoms with Crippen molar-refractivity contribution in [3.8, 4) is 17.0 Å². The van der Waals surface area contributed by atoms with E-state index in [1.807, 2.05) is 16.7 Å². The number of anilines is 1. The number of fused-ring (bicyclic) bond motifs is 1. The molecule has 5 rings (SSSR count). The Morgan fingerprint density at radius 2 is 2.13 bits per heavy atom. The maximum atomic E-state index is 12.3. The highest BCUT2D eigenvalue weighted by atomic mass is 16.5. The minimum absolute atomic E-state index is 0.0394. The number of benzene rings is 1. The van der Waals surface area contributed by atoms with Crippen molar-refractivity contribution in [1.29, 1.82) is 0 Å². The first-order chi connectivity index (χ1) is 14.7. The number of nitrogens with zero attached hydrogens (tertiary/aromatic N) is 3. The van der Waals surface area contributed by atoms with E-state index in [9.17, 15) is 9.90 Å². The number of aromatic nitrogens is 3. The van der Waals surface area contributed by atoms with E-state index in [1.54, 1.807) is 24.5 Å². The molecule has 30 heavy (non-hydrogen) atoms. The SMILES string of the molecule is O=C(NC1CC1)c1ccc(-c2cnc3c(NCC4CCCCO4)nccn23)cc1O. The van der Waals surface area contributed by atoms with E-state index < -0.39 is 0 Å². The van der Waals surface area contributed by atoms with E-state index >= 15 is 0 Å². The van der Waals surface area contributed by atoms with Gasteiger partial charge in [-0.3, -0.25) is 9.20 Å². The fourth-order valence-electron chi connectivity index (χ4n) is 3.81. The smallest absolute Gasteiger partial charge is 0.255 e. The van der Waals surface area contributed by atoms with Crippen LogP contribution in [0.4, 0.5) is 5.82 Å². The first-order valence-corrected chi connectivity index (χ1v) is 10.5. The summed E-state index contributed by atoms with van der Waals surface area (Å²) < 4.78 is 7.71. The maximum Gasteiger partial charge on any atom is 0.255 e. The lowest BCUT2D eigenvalue weighted by Gasteiger charge is -2.22. The van der Waals surface area contributed by atoms with Crippen molar-refractivity contribution < 1.29 is 14.6 Å². The number of aromatic hydroxyl groups is 1. The Morgan fingerprint density at radius 1 is 1.23 bits per heavy atom. The number of phenolic OH excluding ortho intramolecular Hbond substituents is 1. The first kappa shape index (κ1) is 18.9. The Bertz CT molecular complexity index is 1070. The van der Waals surface area contributed by atoms with Crippen LogP contribution in [0, 0.1) is 0 Å². The van der Waals surface area contributed by atoms with E-state index in [4.69, 9.17) is 4.74 Å². The van der Waals surface area contributed by atoms with Crippen molar-refractivity contribution in [2.75, 3.05) is 18.5 Å². The van der Waals surface area contributed by atoms with Crippen LogP contribution in [-0.2, 0) is 4.74 Å². The number of nitrogens with one attached hydrogen (secondary N) is 2.